The van der Waals surface area contributed by atoms with Gasteiger partial charge in [0.15, 0.2) is 0 Å². The maximum absolute atomic E-state index is 4.10. The van der Waals surface area contributed by atoms with E-state index in [9.17, 15) is 0 Å². The molecule has 0 spiro atoms. The van der Waals surface area contributed by atoms with Gasteiger partial charge in [0.05, 0.1) is 0 Å². The van der Waals surface area contributed by atoms with Crippen molar-refractivity contribution in [3.8, 4) is 22.3 Å². The van der Waals surface area contributed by atoms with Crippen molar-refractivity contribution >= 4 is 18.4 Å². The van der Waals surface area contributed by atoms with Gasteiger partial charge in [-0.15, -0.1) is 0 Å². The molecule has 0 radical (unpaired) electrons. The van der Waals surface area contributed by atoms with Crippen molar-refractivity contribution < 1.29 is 0 Å². The second kappa shape index (κ2) is 9.98. The Morgan fingerprint density at radius 3 is 1.37 bits per heavy atom. The molecule has 0 aliphatic carbocycles. The first kappa shape index (κ1) is 22.8. The first-order valence-corrected chi connectivity index (χ1v) is 15.0. The Bertz CT molecular complexity index is 894. The van der Waals surface area contributed by atoms with Crippen LogP contribution in [0.5, 0.6) is 0 Å². The van der Waals surface area contributed by atoms with Crippen molar-refractivity contribution in [2.45, 2.75) is 63.9 Å². The van der Waals surface area contributed by atoms with E-state index < -0.39 is 7.22 Å². The third-order valence-electron chi connectivity index (χ3n) is 6.38. The summed E-state index contributed by atoms with van der Waals surface area (Å²) >= 11 is 2.28. The van der Waals surface area contributed by atoms with E-state index in [0.29, 0.717) is 0 Å². The van der Waals surface area contributed by atoms with Gasteiger partial charge in [0.25, 0.3) is 0 Å². The van der Waals surface area contributed by atoms with Gasteiger partial charge >= 0.3 is 0 Å². The molecule has 3 heteroatoms. The van der Waals surface area contributed by atoms with E-state index in [2.05, 4.69) is 118 Å². The van der Waals surface area contributed by atoms with Crippen molar-refractivity contribution in [2.24, 2.45) is 0 Å². The summed E-state index contributed by atoms with van der Waals surface area (Å²) in [6, 6.07) is 22.1. The summed E-state index contributed by atoms with van der Waals surface area (Å²) in [5.41, 5.74) is 8.80. The summed E-state index contributed by atoms with van der Waals surface area (Å²) < 4.78 is 0. The molecule has 158 valence electrons. The lowest BCUT2D eigenvalue weighted by atomic mass is 10.0. The highest BCUT2D eigenvalue weighted by Crippen LogP contribution is 2.50. The molecule has 0 bridgehead atoms. The lowest BCUT2D eigenvalue weighted by Gasteiger charge is -2.42. The van der Waals surface area contributed by atoms with Gasteiger partial charge in [0, 0.05) is 18.1 Å². The summed E-state index contributed by atoms with van der Waals surface area (Å²) in [7, 11) is -1.41. The van der Waals surface area contributed by atoms with E-state index in [4.69, 9.17) is 0 Å². The summed E-state index contributed by atoms with van der Waals surface area (Å²) in [6.45, 7) is 14.7. The second-order valence-electron chi connectivity index (χ2n) is 9.12. The van der Waals surface area contributed by atoms with Crippen LogP contribution >= 0.6 is 11.2 Å². The van der Waals surface area contributed by atoms with Gasteiger partial charge in [-0.2, -0.15) is 11.2 Å². The van der Waals surface area contributed by atoms with E-state index in [1.54, 1.807) is 0 Å². The van der Waals surface area contributed by atoms with Crippen molar-refractivity contribution in [3.63, 3.8) is 0 Å². The average molecular weight is 434 g/mol. The molecular formula is C27H35NSSi. The fourth-order valence-corrected chi connectivity index (χ4v) is 14.8. The van der Waals surface area contributed by atoms with E-state index in [-0.39, 0.29) is 0 Å². The molecule has 1 aromatic heterocycles. The lowest BCUT2D eigenvalue weighted by Crippen LogP contribution is -2.41. The number of hydrogen-bond donors (Lipinski definition) is 0. The monoisotopic (exact) mass is 433 g/mol. The molecule has 3 rings (SSSR count). The third-order valence-corrected chi connectivity index (χ3v) is 18.9. The zero-order valence-electron chi connectivity index (χ0n) is 19.2. The van der Waals surface area contributed by atoms with Crippen LogP contribution in [0.15, 0.2) is 73.1 Å². The Hall–Kier alpha value is -1.84. The van der Waals surface area contributed by atoms with Crippen molar-refractivity contribution in [1.29, 1.82) is 0 Å². The lowest BCUT2D eigenvalue weighted by molar-refractivity contribution is 0.851. The molecule has 1 heterocycles. The van der Waals surface area contributed by atoms with E-state index in [1.807, 2.05) is 12.4 Å². The molecule has 0 amide bonds. The first-order valence-electron chi connectivity index (χ1n) is 11.1. The van der Waals surface area contributed by atoms with Crippen LogP contribution in [0, 0.1) is 0 Å². The molecule has 0 unspecified atom stereocenters. The number of rotatable bonds is 8. The minimum absolute atomic E-state index is 0.792. The van der Waals surface area contributed by atoms with Gasteiger partial charge in [-0.1, -0.05) is 90.1 Å². The number of nitrogens with zero attached hydrogens (tertiary/aromatic N) is 1. The Kier molecular flexibility index (Phi) is 7.59. The van der Waals surface area contributed by atoms with Gasteiger partial charge in [-0.05, 0) is 56.6 Å². The molecule has 0 aliphatic heterocycles. The fourth-order valence-electron chi connectivity index (χ4n) is 4.90. The highest BCUT2D eigenvalue weighted by Gasteiger charge is 2.43. The molecule has 0 N–H and O–H groups in total. The van der Waals surface area contributed by atoms with E-state index in [0.717, 1.165) is 22.4 Å². The Morgan fingerprint density at radius 1 is 0.600 bits per heavy atom. The van der Waals surface area contributed by atoms with Crippen LogP contribution in [-0.4, -0.2) is 12.2 Å². The topological polar surface area (TPSA) is 12.9 Å². The minimum atomic E-state index is -1.41. The molecule has 2 aromatic carbocycles. The molecule has 3 aromatic rings. The van der Waals surface area contributed by atoms with Crippen molar-refractivity contribution in [3.05, 3.63) is 78.6 Å². The minimum Gasteiger partial charge on any atom is -0.265 e. The molecule has 0 fully saturated rings. The van der Waals surface area contributed by atoms with E-state index >= 15 is 0 Å². The fraction of sp³-hybridized carbons (Fsp3) is 0.370. The van der Waals surface area contributed by atoms with Crippen LogP contribution in [0.25, 0.3) is 22.3 Å². The highest BCUT2D eigenvalue weighted by molar-refractivity contribution is 8.28. The standard InChI is InChI=1S/C27H35NSSi/c1-20(2)30(21(3)4,22(5)6)29-19-23-7-9-24(10-8-23)25-11-13-26(14-12-25)27-15-17-28-18-16-27/h7-18,20-22H,19H2,1-6H3. The Morgan fingerprint density at radius 2 is 0.967 bits per heavy atom. The SMILES string of the molecule is CC(C)[Si](SCc1ccc(-c2ccc(-c3ccncc3)cc2)cc1)(C(C)C)C(C)C. The maximum Gasteiger partial charge on any atom is 0.125 e. The number of benzene rings is 2. The zero-order chi connectivity index (χ0) is 21.7. The summed E-state index contributed by atoms with van der Waals surface area (Å²) in [4.78, 5) is 4.10. The Balaban J connectivity index is 1.72. The van der Waals surface area contributed by atoms with Crippen LogP contribution in [-0.2, 0) is 5.75 Å². The van der Waals surface area contributed by atoms with Crippen LogP contribution in [0.3, 0.4) is 0 Å². The molecular weight excluding hydrogens is 398 g/mol. The molecule has 0 aliphatic rings. The van der Waals surface area contributed by atoms with Gasteiger partial charge in [0.2, 0.25) is 0 Å². The van der Waals surface area contributed by atoms with Gasteiger partial charge in [0.1, 0.15) is 7.22 Å². The number of aromatic nitrogens is 1. The van der Waals surface area contributed by atoms with Crippen LogP contribution < -0.4 is 0 Å². The summed E-state index contributed by atoms with van der Waals surface area (Å²) in [5.74, 6) is 1.13. The molecule has 1 nitrogen and oxygen atoms in total. The Labute approximate surface area is 188 Å². The average Bonchev–Trinajstić information content (AvgIpc) is 2.75. The van der Waals surface area contributed by atoms with Gasteiger partial charge in [-0.25, -0.2) is 0 Å². The predicted molar refractivity (Wildman–Crippen MR) is 137 cm³/mol. The van der Waals surface area contributed by atoms with E-state index in [1.165, 1.54) is 27.8 Å². The third kappa shape index (κ3) is 4.89. The zero-order valence-corrected chi connectivity index (χ0v) is 21.0. The number of hydrogen-bond acceptors (Lipinski definition) is 2. The van der Waals surface area contributed by atoms with Crippen molar-refractivity contribution in [1.82, 2.24) is 4.98 Å². The summed E-state index contributed by atoms with van der Waals surface area (Å²) in [6.07, 6.45) is 3.69. The quantitative estimate of drug-likeness (QED) is 0.329. The van der Waals surface area contributed by atoms with Gasteiger partial charge < -0.3 is 0 Å². The van der Waals surface area contributed by atoms with Crippen LogP contribution in [0.1, 0.15) is 47.1 Å². The predicted octanol–water partition coefficient (Wildman–Crippen LogP) is 8.82. The largest absolute Gasteiger partial charge is 0.265 e. The van der Waals surface area contributed by atoms with Crippen LogP contribution in [0.2, 0.25) is 16.6 Å². The second-order valence-corrected chi connectivity index (χ2v) is 17.9. The normalized spacial score (nSPS) is 12.2. The molecule has 0 saturated carbocycles. The smallest absolute Gasteiger partial charge is 0.125 e. The molecule has 0 atom stereocenters. The van der Waals surface area contributed by atoms with Crippen molar-refractivity contribution in [2.75, 3.05) is 0 Å². The van der Waals surface area contributed by atoms with Crippen LogP contribution in [0.4, 0.5) is 0 Å². The molecule has 30 heavy (non-hydrogen) atoms. The summed E-state index contributed by atoms with van der Waals surface area (Å²) in [5, 5.41) is 0. The molecule has 0 saturated heterocycles. The first-order chi connectivity index (χ1) is 14.3. The number of pyridine rings is 1. The highest BCUT2D eigenvalue weighted by atomic mass is 32.4. The van der Waals surface area contributed by atoms with Gasteiger partial charge in [-0.3, -0.25) is 4.98 Å². The maximum atomic E-state index is 4.10.